The quantitative estimate of drug-likeness (QED) is 0.800. The van der Waals surface area contributed by atoms with E-state index < -0.39 is 0 Å². The van der Waals surface area contributed by atoms with Crippen molar-refractivity contribution in [2.24, 2.45) is 5.92 Å². The lowest BCUT2D eigenvalue weighted by molar-refractivity contribution is 0.319. The van der Waals surface area contributed by atoms with E-state index >= 15 is 0 Å². The first-order valence-electron chi connectivity index (χ1n) is 8.02. The van der Waals surface area contributed by atoms with Crippen molar-refractivity contribution in [3.05, 3.63) is 35.4 Å². The Balaban J connectivity index is 1.74. The Morgan fingerprint density at radius 3 is 2.70 bits per heavy atom. The number of hydrogen-bond donors (Lipinski definition) is 1. The van der Waals surface area contributed by atoms with Crippen molar-refractivity contribution in [3.63, 3.8) is 0 Å². The average Bonchev–Trinajstić information content (AvgIpc) is 2.92. The normalized spacial score (nSPS) is 16.0. The summed E-state index contributed by atoms with van der Waals surface area (Å²) >= 11 is 0. The molecule has 0 bridgehead atoms. The van der Waals surface area contributed by atoms with Gasteiger partial charge in [-0.1, -0.05) is 19.3 Å². The fraction of sp³-hybridized carbons (Fsp3) is 0.438. The lowest BCUT2D eigenvalue weighted by atomic mass is 9.89. The summed E-state index contributed by atoms with van der Waals surface area (Å²) in [5.74, 6) is 0.547. The molecule has 7 heteroatoms. The monoisotopic (exact) mass is 310 g/mol. The molecule has 3 aromatic rings. The molecule has 0 saturated heterocycles. The second kappa shape index (κ2) is 5.91. The molecule has 0 amide bonds. The zero-order valence-electron chi connectivity index (χ0n) is 12.8. The highest BCUT2D eigenvalue weighted by Gasteiger charge is 2.18. The van der Waals surface area contributed by atoms with Crippen molar-refractivity contribution in [1.82, 2.24) is 29.5 Å². The van der Waals surface area contributed by atoms with E-state index in [9.17, 15) is 4.79 Å². The summed E-state index contributed by atoms with van der Waals surface area (Å²) < 4.78 is 1.73. The number of nitrogens with zero attached hydrogens (tertiary/aromatic N) is 5. The predicted molar refractivity (Wildman–Crippen MR) is 85.7 cm³/mol. The van der Waals surface area contributed by atoms with E-state index in [1.165, 1.54) is 38.4 Å². The Morgan fingerprint density at radius 1 is 1.13 bits per heavy atom. The first-order chi connectivity index (χ1) is 11.3. The summed E-state index contributed by atoms with van der Waals surface area (Å²) in [6.07, 6.45) is 12.7. The van der Waals surface area contributed by atoms with Crippen LogP contribution >= 0.6 is 0 Å². The minimum atomic E-state index is -0.132. The molecule has 1 aliphatic carbocycles. The van der Waals surface area contributed by atoms with Gasteiger partial charge < -0.3 is 0 Å². The molecule has 0 atom stereocenters. The topological polar surface area (TPSA) is 89.3 Å². The highest BCUT2D eigenvalue weighted by atomic mass is 16.1. The zero-order valence-corrected chi connectivity index (χ0v) is 12.8. The summed E-state index contributed by atoms with van der Waals surface area (Å²) in [5.41, 5.74) is 2.48. The molecular formula is C16H18N6O. The molecule has 1 aliphatic rings. The number of fused-ring (bicyclic) bond motifs is 1. The minimum absolute atomic E-state index is 0.132. The zero-order chi connectivity index (χ0) is 15.6. The van der Waals surface area contributed by atoms with Gasteiger partial charge in [0, 0.05) is 24.5 Å². The van der Waals surface area contributed by atoms with Crippen LogP contribution in [-0.2, 0) is 6.54 Å². The standard InChI is InChI=1S/C16H18N6O/c23-16-21-14-15(22(16)9-11-4-2-1-3-5-11)20-13(8-19-14)12-6-17-10-18-7-12/h6-8,10-11H,1-5,9H2,(H,19,21,23). The minimum Gasteiger partial charge on any atom is -0.289 e. The molecule has 0 radical (unpaired) electrons. The van der Waals surface area contributed by atoms with Gasteiger partial charge in [-0.25, -0.2) is 24.7 Å². The van der Waals surface area contributed by atoms with Crippen LogP contribution in [0.3, 0.4) is 0 Å². The van der Waals surface area contributed by atoms with Gasteiger partial charge >= 0.3 is 5.69 Å². The lowest BCUT2D eigenvalue weighted by Crippen LogP contribution is -2.23. The van der Waals surface area contributed by atoms with E-state index in [0.717, 1.165) is 5.56 Å². The third-order valence-corrected chi connectivity index (χ3v) is 4.50. The second-order valence-electron chi connectivity index (χ2n) is 6.10. The molecule has 23 heavy (non-hydrogen) atoms. The van der Waals surface area contributed by atoms with E-state index in [1.54, 1.807) is 23.2 Å². The molecule has 1 N–H and O–H groups in total. The summed E-state index contributed by atoms with van der Waals surface area (Å²) in [7, 11) is 0. The van der Waals surface area contributed by atoms with Crippen LogP contribution in [0.1, 0.15) is 32.1 Å². The van der Waals surface area contributed by atoms with Gasteiger partial charge in [0.05, 0.1) is 11.9 Å². The second-order valence-corrected chi connectivity index (χ2v) is 6.10. The van der Waals surface area contributed by atoms with E-state index in [2.05, 4.69) is 24.9 Å². The van der Waals surface area contributed by atoms with Crippen molar-refractivity contribution in [2.75, 3.05) is 0 Å². The Morgan fingerprint density at radius 2 is 1.91 bits per heavy atom. The van der Waals surface area contributed by atoms with Crippen LogP contribution in [0, 0.1) is 5.92 Å². The van der Waals surface area contributed by atoms with Crippen LogP contribution in [0.25, 0.3) is 22.6 Å². The first kappa shape index (κ1) is 14.0. The molecule has 0 unspecified atom stereocenters. The maximum atomic E-state index is 12.3. The van der Waals surface area contributed by atoms with Crippen LogP contribution in [-0.4, -0.2) is 29.5 Å². The van der Waals surface area contributed by atoms with Gasteiger partial charge in [-0.2, -0.15) is 0 Å². The van der Waals surface area contributed by atoms with E-state index in [0.29, 0.717) is 29.5 Å². The van der Waals surface area contributed by atoms with Crippen molar-refractivity contribution < 1.29 is 0 Å². The fourth-order valence-corrected chi connectivity index (χ4v) is 3.29. The maximum absolute atomic E-state index is 12.3. The summed E-state index contributed by atoms with van der Waals surface area (Å²) in [6.45, 7) is 0.711. The first-order valence-corrected chi connectivity index (χ1v) is 8.02. The maximum Gasteiger partial charge on any atom is 0.328 e. The van der Waals surface area contributed by atoms with Gasteiger partial charge in [-0.15, -0.1) is 0 Å². The average molecular weight is 310 g/mol. The molecule has 0 aromatic carbocycles. The predicted octanol–water partition coefficient (Wildman–Crippen LogP) is 2.16. The lowest BCUT2D eigenvalue weighted by Gasteiger charge is -2.21. The largest absolute Gasteiger partial charge is 0.328 e. The molecular weight excluding hydrogens is 292 g/mol. The van der Waals surface area contributed by atoms with Crippen LogP contribution in [0.5, 0.6) is 0 Å². The Bertz CT molecular complexity index is 863. The summed E-state index contributed by atoms with van der Waals surface area (Å²) in [4.78, 5) is 32.0. The third-order valence-electron chi connectivity index (χ3n) is 4.50. The molecule has 1 saturated carbocycles. The van der Waals surface area contributed by atoms with E-state index in [1.807, 2.05) is 0 Å². The van der Waals surface area contributed by atoms with Gasteiger partial charge in [0.25, 0.3) is 0 Å². The Labute approximate surface area is 132 Å². The van der Waals surface area contributed by atoms with Gasteiger partial charge in [0.1, 0.15) is 6.33 Å². The molecule has 0 aliphatic heterocycles. The van der Waals surface area contributed by atoms with Gasteiger partial charge in [-0.3, -0.25) is 9.55 Å². The smallest absolute Gasteiger partial charge is 0.289 e. The number of aromatic nitrogens is 6. The van der Waals surface area contributed by atoms with Crippen LogP contribution in [0.15, 0.2) is 29.7 Å². The van der Waals surface area contributed by atoms with Crippen LogP contribution < -0.4 is 5.69 Å². The molecule has 7 nitrogen and oxygen atoms in total. The number of nitrogens with one attached hydrogen (secondary N) is 1. The highest BCUT2D eigenvalue weighted by Crippen LogP contribution is 2.25. The summed E-state index contributed by atoms with van der Waals surface area (Å²) in [6, 6.07) is 0. The van der Waals surface area contributed by atoms with E-state index in [-0.39, 0.29) is 5.69 Å². The molecule has 4 rings (SSSR count). The molecule has 1 fully saturated rings. The van der Waals surface area contributed by atoms with E-state index in [4.69, 9.17) is 0 Å². The van der Waals surface area contributed by atoms with Crippen molar-refractivity contribution in [1.29, 1.82) is 0 Å². The fourth-order valence-electron chi connectivity index (χ4n) is 3.29. The number of aromatic amines is 1. The highest BCUT2D eigenvalue weighted by molar-refractivity contribution is 5.70. The van der Waals surface area contributed by atoms with Gasteiger partial charge in [0.15, 0.2) is 11.3 Å². The number of H-pyrrole nitrogens is 1. The Kier molecular flexibility index (Phi) is 3.61. The number of rotatable bonds is 3. The van der Waals surface area contributed by atoms with Crippen molar-refractivity contribution in [3.8, 4) is 11.3 Å². The third kappa shape index (κ3) is 2.74. The molecule has 0 spiro atoms. The molecule has 3 heterocycles. The summed E-state index contributed by atoms with van der Waals surface area (Å²) in [5, 5.41) is 0. The molecule has 3 aromatic heterocycles. The Hall–Kier alpha value is -2.57. The van der Waals surface area contributed by atoms with Crippen LogP contribution in [0.4, 0.5) is 0 Å². The van der Waals surface area contributed by atoms with Crippen LogP contribution in [0.2, 0.25) is 0 Å². The SMILES string of the molecule is O=c1[nH]c2ncc(-c3cncnc3)nc2n1CC1CCCCC1. The number of imidazole rings is 1. The van der Waals surface area contributed by atoms with Crippen molar-refractivity contribution in [2.45, 2.75) is 38.6 Å². The molecule has 118 valence electrons. The van der Waals surface area contributed by atoms with Gasteiger partial charge in [0.2, 0.25) is 0 Å². The number of hydrogen-bond acceptors (Lipinski definition) is 5. The van der Waals surface area contributed by atoms with Crippen molar-refractivity contribution >= 4 is 11.3 Å². The van der Waals surface area contributed by atoms with Gasteiger partial charge in [-0.05, 0) is 18.8 Å².